The van der Waals surface area contributed by atoms with Crippen molar-refractivity contribution >= 4 is 6.16 Å². The topological polar surface area (TPSA) is 46.5 Å². The second-order valence-corrected chi connectivity index (χ2v) is 7.15. The quantitative estimate of drug-likeness (QED) is 0.551. The van der Waals surface area contributed by atoms with Crippen LogP contribution in [0.1, 0.15) is 74.1 Å². The van der Waals surface area contributed by atoms with E-state index < -0.39 is 11.8 Å². The van der Waals surface area contributed by atoms with Gasteiger partial charge in [0.2, 0.25) is 0 Å². The average molecular weight is 258 g/mol. The van der Waals surface area contributed by atoms with Crippen molar-refractivity contribution in [3.8, 4) is 0 Å². The highest BCUT2D eigenvalue weighted by atomic mass is 16.7. The van der Waals surface area contributed by atoms with E-state index in [0.717, 1.165) is 25.7 Å². The van der Waals surface area contributed by atoms with Gasteiger partial charge in [0.25, 0.3) is 0 Å². The molecule has 0 heterocycles. The zero-order chi connectivity index (χ0) is 14.6. The Morgan fingerprint density at radius 3 is 1.72 bits per heavy atom. The van der Waals surface area contributed by atoms with E-state index in [1.54, 1.807) is 0 Å². The van der Waals surface area contributed by atoms with Crippen LogP contribution in [0.15, 0.2) is 0 Å². The highest BCUT2D eigenvalue weighted by Crippen LogP contribution is 2.50. The molecule has 0 bridgehead atoms. The third-order valence-corrected chi connectivity index (χ3v) is 3.82. The standard InChI is InChI=1S/C15H30O3/c1-8-9-10-11-15(13(2,3)4,14(5,6)7)18-12(16)17/h8-11H2,1-7H3,(H,16,17). The Balaban J connectivity index is 5.35. The minimum absolute atomic E-state index is 0.225. The van der Waals surface area contributed by atoms with Crippen LogP contribution in [0, 0.1) is 10.8 Å². The molecule has 108 valence electrons. The van der Waals surface area contributed by atoms with Crippen LogP contribution in [-0.2, 0) is 4.74 Å². The minimum atomic E-state index is -1.17. The molecule has 0 atom stereocenters. The van der Waals surface area contributed by atoms with Gasteiger partial charge in [-0.3, -0.25) is 0 Å². The first kappa shape index (κ1) is 17.3. The van der Waals surface area contributed by atoms with Crippen molar-refractivity contribution in [1.29, 1.82) is 0 Å². The van der Waals surface area contributed by atoms with Gasteiger partial charge in [-0.2, -0.15) is 0 Å². The van der Waals surface area contributed by atoms with Crippen molar-refractivity contribution in [2.45, 2.75) is 79.8 Å². The monoisotopic (exact) mass is 258 g/mol. The number of carboxylic acid groups (broad SMARTS) is 1. The molecule has 0 aromatic carbocycles. The van der Waals surface area contributed by atoms with E-state index in [1.807, 2.05) is 0 Å². The van der Waals surface area contributed by atoms with Crippen LogP contribution < -0.4 is 0 Å². The number of carbonyl (C=O) groups is 1. The van der Waals surface area contributed by atoms with Crippen LogP contribution in [0.5, 0.6) is 0 Å². The zero-order valence-corrected chi connectivity index (χ0v) is 13.1. The molecule has 18 heavy (non-hydrogen) atoms. The van der Waals surface area contributed by atoms with Gasteiger partial charge in [0.1, 0.15) is 5.60 Å². The van der Waals surface area contributed by atoms with Gasteiger partial charge in [-0.25, -0.2) is 4.79 Å². The van der Waals surface area contributed by atoms with E-state index in [0.29, 0.717) is 0 Å². The summed E-state index contributed by atoms with van der Waals surface area (Å²) in [6, 6.07) is 0. The maximum atomic E-state index is 11.1. The molecule has 0 spiro atoms. The highest BCUT2D eigenvalue weighted by Gasteiger charge is 2.53. The molecule has 0 fully saturated rings. The van der Waals surface area contributed by atoms with Gasteiger partial charge in [-0.05, 0) is 12.8 Å². The van der Waals surface area contributed by atoms with Gasteiger partial charge in [0.15, 0.2) is 0 Å². The van der Waals surface area contributed by atoms with Crippen LogP contribution in [-0.4, -0.2) is 16.9 Å². The van der Waals surface area contributed by atoms with E-state index in [-0.39, 0.29) is 10.8 Å². The van der Waals surface area contributed by atoms with Gasteiger partial charge >= 0.3 is 6.16 Å². The lowest BCUT2D eigenvalue weighted by Gasteiger charge is -2.52. The third kappa shape index (κ3) is 3.89. The lowest BCUT2D eigenvalue weighted by molar-refractivity contribution is -0.157. The summed E-state index contributed by atoms with van der Waals surface area (Å²) in [5.74, 6) is 0. The number of hydrogen-bond acceptors (Lipinski definition) is 2. The summed E-state index contributed by atoms with van der Waals surface area (Å²) >= 11 is 0. The van der Waals surface area contributed by atoms with Crippen molar-refractivity contribution in [2.75, 3.05) is 0 Å². The van der Waals surface area contributed by atoms with Gasteiger partial charge in [0.05, 0.1) is 0 Å². The lowest BCUT2D eigenvalue weighted by atomic mass is 9.60. The molecule has 0 rings (SSSR count). The first-order valence-electron chi connectivity index (χ1n) is 6.90. The van der Waals surface area contributed by atoms with Gasteiger partial charge < -0.3 is 9.84 Å². The van der Waals surface area contributed by atoms with E-state index in [2.05, 4.69) is 48.5 Å². The molecule has 0 aliphatic rings. The van der Waals surface area contributed by atoms with Gasteiger partial charge in [-0.1, -0.05) is 61.3 Å². The van der Waals surface area contributed by atoms with Crippen molar-refractivity contribution in [3.05, 3.63) is 0 Å². The lowest BCUT2D eigenvalue weighted by Crippen LogP contribution is -2.56. The van der Waals surface area contributed by atoms with Crippen LogP contribution in [0.3, 0.4) is 0 Å². The van der Waals surface area contributed by atoms with Crippen molar-refractivity contribution in [1.82, 2.24) is 0 Å². The van der Waals surface area contributed by atoms with Crippen molar-refractivity contribution in [2.24, 2.45) is 10.8 Å². The maximum Gasteiger partial charge on any atom is 0.506 e. The fourth-order valence-electron chi connectivity index (χ4n) is 3.01. The van der Waals surface area contributed by atoms with Gasteiger partial charge in [0, 0.05) is 10.8 Å². The molecule has 0 amide bonds. The van der Waals surface area contributed by atoms with Crippen LogP contribution >= 0.6 is 0 Å². The van der Waals surface area contributed by atoms with Crippen LogP contribution in [0.25, 0.3) is 0 Å². The summed E-state index contributed by atoms with van der Waals surface area (Å²) in [4.78, 5) is 11.1. The van der Waals surface area contributed by atoms with Gasteiger partial charge in [-0.15, -0.1) is 0 Å². The molecule has 0 aromatic heterocycles. The number of rotatable bonds is 5. The molecular formula is C15H30O3. The Labute approximate surface area is 112 Å². The minimum Gasteiger partial charge on any atom is -0.450 e. The summed E-state index contributed by atoms with van der Waals surface area (Å²) in [7, 11) is 0. The molecule has 0 saturated carbocycles. The molecule has 3 nitrogen and oxygen atoms in total. The normalized spacial score (nSPS) is 13.5. The predicted octanol–water partition coefficient (Wildman–Crippen LogP) is 5.09. The van der Waals surface area contributed by atoms with Crippen LogP contribution in [0.4, 0.5) is 4.79 Å². The van der Waals surface area contributed by atoms with E-state index in [9.17, 15) is 4.79 Å². The highest BCUT2D eigenvalue weighted by molar-refractivity contribution is 5.58. The van der Waals surface area contributed by atoms with Crippen molar-refractivity contribution in [3.63, 3.8) is 0 Å². The smallest absolute Gasteiger partial charge is 0.450 e. The fourth-order valence-corrected chi connectivity index (χ4v) is 3.01. The third-order valence-electron chi connectivity index (χ3n) is 3.82. The summed E-state index contributed by atoms with van der Waals surface area (Å²) in [5.41, 5.74) is -1.10. The molecule has 0 aliphatic carbocycles. The Morgan fingerprint density at radius 1 is 1.00 bits per heavy atom. The predicted molar refractivity (Wildman–Crippen MR) is 74.9 cm³/mol. The Morgan fingerprint density at radius 2 is 1.44 bits per heavy atom. The molecule has 3 heteroatoms. The number of hydrogen-bond donors (Lipinski definition) is 1. The first-order chi connectivity index (χ1) is 7.98. The Kier molecular flexibility index (Phi) is 5.70. The fraction of sp³-hybridized carbons (Fsp3) is 0.933. The summed E-state index contributed by atoms with van der Waals surface area (Å²) in [6.07, 6.45) is 2.84. The second-order valence-electron chi connectivity index (χ2n) is 7.15. The molecule has 0 radical (unpaired) electrons. The molecule has 0 saturated heterocycles. The number of ether oxygens (including phenoxy) is 1. The maximum absolute atomic E-state index is 11.1. The second kappa shape index (κ2) is 5.94. The Bertz CT molecular complexity index is 254. The summed E-state index contributed by atoms with van der Waals surface area (Å²) < 4.78 is 5.43. The molecule has 1 N–H and O–H groups in total. The summed E-state index contributed by atoms with van der Waals surface area (Å²) in [6.45, 7) is 14.5. The average Bonchev–Trinajstić information content (AvgIpc) is 2.12. The SMILES string of the molecule is CCCCCC(OC(=O)O)(C(C)(C)C)C(C)(C)C. The van der Waals surface area contributed by atoms with Crippen LogP contribution in [0.2, 0.25) is 0 Å². The molecule has 0 unspecified atom stereocenters. The first-order valence-corrected chi connectivity index (χ1v) is 6.90. The van der Waals surface area contributed by atoms with E-state index >= 15 is 0 Å². The van der Waals surface area contributed by atoms with E-state index in [4.69, 9.17) is 9.84 Å². The molecule has 0 aromatic rings. The zero-order valence-electron chi connectivity index (χ0n) is 13.1. The Hall–Kier alpha value is -0.730. The van der Waals surface area contributed by atoms with E-state index in [1.165, 1.54) is 0 Å². The van der Waals surface area contributed by atoms with Crippen molar-refractivity contribution < 1.29 is 14.6 Å². The summed E-state index contributed by atoms with van der Waals surface area (Å²) in [5, 5.41) is 9.11. The molecule has 0 aliphatic heterocycles. The molecular weight excluding hydrogens is 228 g/mol. The number of unbranched alkanes of at least 4 members (excludes halogenated alkanes) is 2. The largest absolute Gasteiger partial charge is 0.506 e.